The van der Waals surface area contributed by atoms with Gasteiger partial charge in [0.25, 0.3) is 0 Å². The van der Waals surface area contributed by atoms with Crippen LogP contribution in [0.15, 0.2) is 12.1 Å². The first-order valence-corrected chi connectivity index (χ1v) is 3.91. The van der Waals surface area contributed by atoms with Crippen molar-refractivity contribution < 1.29 is 13.5 Å². The van der Waals surface area contributed by atoms with Gasteiger partial charge in [-0.3, -0.25) is 0 Å². The van der Waals surface area contributed by atoms with Crippen LogP contribution < -0.4 is 10.5 Å². The molecule has 0 saturated carbocycles. The fourth-order valence-corrected chi connectivity index (χ4v) is 1.08. The molecular weight excluding hydrogens is 212 g/mol. The minimum absolute atomic E-state index is 0. The minimum Gasteiger partial charge on any atom is -0.494 e. The van der Waals surface area contributed by atoms with Crippen molar-refractivity contribution in [1.29, 1.82) is 0 Å². The van der Waals surface area contributed by atoms with Gasteiger partial charge in [0.2, 0.25) is 5.82 Å². The van der Waals surface area contributed by atoms with Crippen molar-refractivity contribution in [2.45, 2.75) is 6.42 Å². The fourth-order valence-electron chi connectivity index (χ4n) is 1.08. The fraction of sp³-hybridized carbons (Fsp3) is 0.333. The van der Waals surface area contributed by atoms with Crippen molar-refractivity contribution in [3.05, 3.63) is 29.3 Å². The van der Waals surface area contributed by atoms with Gasteiger partial charge in [-0.05, 0) is 30.7 Å². The van der Waals surface area contributed by atoms with E-state index >= 15 is 0 Å². The number of hydrogen-bond donors (Lipinski definition) is 1. The van der Waals surface area contributed by atoms with Crippen LogP contribution in [0.25, 0.3) is 0 Å². The molecule has 2 N–H and O–H groups in total. The molecule has 0 amide bonds. The van der Waals surface area contributed by atoms with E-state index in [2.05, 4.69) is 4.74 Å². The molecule has 1 aromatic rings. The Bertz CT molecular complexity index is 307. The van der Waals surface area contributed by atoms with Crippen LogP contribution in [0.4, 0.5) is 8.78 Å². The van der Waals surface area contributed by atoms with Crippen LogP contribution in [0.2, 0.25) is 0 Å². The molecule has 0 heterocycles. The monoisotopic (exact) mass is 223 g/mol. The van der Waals surface area contributed by atoms with Crippen molar-refractivity contribution in [2.75, 3.05) is 13.7 Å². The molecule has 0 aliphatic heterocycles. The first-order valence-electron chi connectivity index (χ1n) is 3.91. The second kappa shape index (κ2) is 5.78. The van der Waals surface area contributed by atoms with Gasteiger partial charge in [0.05, 0.1) is 7.11 Å². The maximum Gasteiger partial charge on any atom is 0.200 e. The topological polar surface area (TPSA) is 35.2 Å². The SMILES string of the molecule is COc1cc(CCN)cc(F)c1F.Cl. The van der Waals surface area contributed by atoms with Gasteiger partial charge in [-0.2, -0.15) is 4.39 Å². The third kappa shape index (κ3) is 2.82. The molecule has 0 aromatic heterocycles. The highest BCUT2D eigenvalue weighted by Gasteiger charge is 2.10. The molecule has 0 unspecified atom stereocenters. The maximum absolute atomic E-state index is 12.9. The highest BCUT2D eigenvalue weighted by molar-refractivity contribution is 5.85. The standard InChI is InChI=1S/C9H11F2NO.ClH/c1-13-8-5-6(2-3-12)4-7(10)9(8)11;/h4-5H,2-3,12H2,1H3;1H. The van der Waals surface area contributed by atoms with E-state index in [9.17, 15) is 8.78 Å². The van der Waals surface area contributed by atoms with Gasteiger partial charge < -0.3 is 10.5 Å². The van der Waals surface area contributed by atoms with E-state index in [1.165, 1.54) is 13.2 Å². The first kappa shape index (κ1) is 13.1. The van der Waals surface area contributed by atoms with E-state index in [0.717, 1.165) is 6.07 Å². The number of halogens is 3. The summed E-state index contributed by atoms with van der Waals surface area (Å²) >= 11 is 0. The van der Waals surface area contributed by atoms with E-state index in [1.807, 2.05) is 0 Å². The Hall–Kier alpha value is -0.870. The molecule has 0 aliphatic rings. The van der Waals surface area contributed by atoms with E-state index < -0.39 is 11.6 Å². The Morgan fingerprint density at radius 3 is 2.50 bits per heavy atom. The third-order valence-corrected chi connectivity index (χ3v) is 1.71. The summed E-state index contributed by atoms with van der Waals surface area (Å²) in [4.78, 5) is 0. The first-order chi connectivity index (χ1) is 6.19. The summed E-state index contributed by atoms with van der Waals surface area (Å²) in [6.07, 6.45) is 0.507. The average molecular weight is 224 g/mol. The zero-order chi connectivity index (χ0) is 9.84. The summed E-state index contributed by atoms with van der Waals surface area (Å²) in [5, 5.41) is 0. The smallest absolute Gasteiger partial charge is 0.200 e. The molecule has 80 valence electrons. The van der Waals surface area contributed by atoms with Crippen LogP contribution in [-0.2, 0) is 6.42 Å². The van der Waals surface area contributed by atoms with Gasteiger partial charge >= 0.3 is 0 Å². The number of rotatable bonds is 3. The van der Waals surface area contributed by atoms with Crippen LogP contribution >= 0.6 is 12.4 Å². The number of nitrogens with two attached hydrogens (primary N) is 1. The second-order valence-electron chi connectivity index (χ2n) is 2.63. The van der Waals surface area contributed by atoms with Gasteiger partial charge in [-0.25, -0.2) is 4.39 Å². The molecule has 0 aliphatic carbocycles. The van der Waals surface area contributed by atoms with E-state index in [1.54, 1.807) is 0 Å². The second-order valence-corrected chi connectivity index (χ2v) is 2.63. The average Bonchev–Trinajstić information content (AvgIpc) is 2.11. The molecule has 1 aromatic carbocycles. The number of benzene rings is 1. The lowest BCUT2D eigenvalue weighted by atomic mass is 10.1. The highest BCUT2D eigenvalue weighted by atomic mass is 35.5. The minimum atomic E-state index is -0.955. The normalized spacial score (nSPS) is 9.43. The van der Waals surface area contributed by atoms with Gasteiger partial charge in [0.1, 0.15) is 0 Å². The van der Waals surface area contributed by atoms with Gasteiger partial charge in [0, 0.05) is 0 Å². The Kier molecular flexibility index (Phi) is 5.42. The summed E-state index contributed by atoms with van der Waals surface area (Å²) < 4.78 is 30.4. The molecule has 0 saturated heterocycles. The Balaban J connectivity index is 0.00000169. The van der Waals surface area contributed by atoms with Crippen LogP contribution in [0.5, 0.6) is 5.75 Å². The molecule has 1 rings (SSSR count). The van der Waals surface area contributed by atoms with E-state index in [4.69, 9.17) is 5.73 Å². The lowest BCUT2D eigenvalue weighted by Crippen LogP contribution is -2.04. The molecule has 0 radical (unpaired) electrons. The number of hydrogen-bond acceptors (Lipinski definition) is 2. The van der Waals surface area contributed by atoms with Crippen LogP contribution in [0.3, 0.4) is 0 Å². The summed E-state index contributed by atoms with van der Waals surface area (Å²) in [5.41, 5.74) is 5.92. The zero-order valence-electron chi connectivity index (χ0n) is 7.72. The summed E-state index contributed by atoms with van der Waals surface area (Å²) in [5.74, 6) is -1.94. The van der Waals surface area contributed by atoms with Crippen molar-refractivity contribution in [1.82, 2.24) is 0 Å². The van der Waals surface area contributed by atoms with Crippen molar-refractivity contribution >= 4 is 12.4 Å². The lowest BCUT2D eigenvalue weighted by molar-refractivity contribution is 0.371. The molecule has 0 atom stereocenters. The van der Waals surface area contributed by atoms with Crippen molar-refractivity contribution in [2.24, 2.45) is 5.73 Å². The summed E-state index contributed by atoms with van der Waals surface area (Å²) in [6.45, 7) is 0.397. The molecule has 2 nitrogen and oxygen atoms in total. The number of ether oxygens (including phenoxy) is 1. The van der Waals surface area contributed by atoms with Crippen LogP contribution in [0.1, 0.15) is 5.56 Å². The predicted octanol–water partition coefficient (Wildman–Crippen LogP) is 1.90. The molecule has 14 heavy (non-hydrogen) atoms. The highest BCUT2D eigenvalue weighted by Crippen LogP contribution is 2.21. The molecule has 0 fully saturated rings. The summed E-state index contributed by atoms with van der Waals surface area (Å²) in [7, 11) is 1.30. The Morgan fingerprint density at radius 2 is 2.00 bits per heavy atom. The number of methoxy groups -OCH3 is 1. The van der Waals surface area contributed by atoms with Gasteiger partial charge in [0.15, 0.2) is 11.6 Å². The molecular formula is C9H12ClF2NO. The van der Waals surface area contributed by atoms with Gasteiger partial charge in [-0.15, -0.1) is 12.4 Å². The Labute approximate surface area is 87.5 Å². The van der Waals surface area contributed by atoms with E-state index in [0.29, 0.717) is 18.5 Å². The quantitative estimate of drug-likeness (QED) is 0.850. The molecule has 5 heteroatoms. The Morgan fingerprint density at radius 1 is 1.36 bits per heavy atom. The maximum atomic E-state index is 12.9. The largest absolute Gasteiger partial charge is 0.494 e. The van der Waals surface area contributed by atoms with Crippen molar-refractivity contribution in [3.63, 3.8) is 0 Å². The van der Waals surface area contributed by atoms with Crippen LogP contribution in [0, 0.1) is 11.6 Å². The van der Waals surface area contributed by atoms with Crippen LogP contribution in [-0.4, -0.2) is 13.7 Å². The molecule has 0 bridgehead atoms. The zero-order valence-corrected chi connectivity index (χ0v) is 8.54. The van der Waals surface area contributed by atoms with Crippen molar-refractivity contribution in [3.8, 4) is 5.75 Å². The van der Waals surface area contributed by atoms with Gasteiger partial charge in [-0.1, -0.05) is 0 Å². The lowest BCUT2D eigenvalue weighted by Gasteiger charge is -2.05. The third-order valence-electron chi connectivity index (χ3n) is 1.71. The predicted molar refractivity (Wildman–Crippen MR) is 52.9 cm³/mol. The molecule has 0 spiro atoms. The van der Waals surface area contributed by atoms with E-state index in [-0.39, 0.29) is 18.2 Å². The summed E-state index contributed by atoms with van der Waals surface area (Å²) in [6, 6.07) is 2.58.